The summed E-state index contributed by atoms with van der Waals surface area (Å²) in [5.74, 6) is 2.72. The Bertz CT molecular complexity index is 791. The number of hydrogen-bond donors (Lipinski definition) is 1. The molecule has 2 heterocycles. The third-order valence-corrected chi connectivity index (χ3v) is 4.96. The molecule has 1 N–H and O–H groups in total. The Morgan fingerprint density at radius 1 is 1.31 bits per heavy atom. The van der Waals surface area contributed by atoms with E-state index in [1.807, 2.05) is 6.92 Å². The Kier molecular flexibility index (Phi) is 6.13. The lowest BCUT2D eigenvalue weighted by molar-refractivity contribution is 0.0949. The molecule has 1 aromatic heterocycles. The molecule has 1 aliphatic heterocycles. The summed E-state index contributed by atoms with van der Waals surface area (Å²) in [6.07, 6.45) is 4.42. The first-order chi connectivity index (χ1) is 12.6. The Morgan fingerprint density at radius 3 is 2.92 bits per heavy atom. The Morgan fingerprint density at radius 2 is 2.15 bits per heavy atom. The summed E-state index contributed by atoms with van der Waals surface area (Å²) < 4.78 is 13.7. The van der Waals surface area contributed by atoms with E-state index in [1.165, 1.54) is 6.42 Å². The van der Waals surface area contributed by atoms with Gasteiger partial charge in [-0.25, -0.2) is 0 Å². The molecule has 0 unspecified atom stereocenters. The SMILES string of the molecule is CCOc1c(Br)cc(C(=O)NCc2nnc3n2CCCCC3)cc1OC. The van der Waals surface area contributed by atoms with E-state index in [1.54, 1.807) is 19.2 Å². The molecule has 26 heavy (non-hydrogen) atoms. The van der Waals surface area contributed by atoms with Crippen LogP contribution in [0.25, 0.3) is 0 Å². The molecule has 0 bridgehead atoms. The van der Waals surface area contributed by atoms with E-state index in [4.69, 9.17) is 9.47 Å². The largest absolute Gasteiger partial charge is 0.493 e. The fraction of sp³-hybridized carbons (Fsp3) is 0.500. The number of hydrogen-bond acceptors (Lipinski definition) is 5. The molecule has 140 valence electrons. The number of benzene rings is 1. The van der Waals surface area contributed by atoms with Gasteiger partial charge in [0.25, 0.3) is 5.91 Å². The minimum atomic E-state index is -0.196. The molecular weight excluding hydrogens is 400 g/mol. The Labute approximate surface area is 161 Å². The zero-order valence-electron chi connectivity index (χ0n) is 15.0. The number of methoxy groups -OCH3 is 1. The molecule has 1 amide bonds. The topological polar surface area (TPSA) is 78.3 Å². The number of rotatable bonds is 6. The van der Waals surface area contributed by atoms with Crippen LogP contribution >= 0.6 is 15.9 Å². The van der Waals surface area contributed by atoms with Crippen molar-refractivity contribution in [3.05, 3.63) is 33.8 Å². The Balaban J connectivity index is 1.73. The molecule has 0 saturated carbocycles. The number of aromatic nitrogens is 3. The second-order valence-corrected chi connectivity index (χ2v) is 6.95. The van der Waals surface area contributed by atoms with Gasteiger partial charge in [-0.3, -0.25) is 4.79 Å². The van der Waals surface area contributed by atoms with Crippen molar-refractivity contribution >= 4 is 21.8 Å². The van der Waals surface area contributed by atoms with Crippen LogP contribution in [0.4, 0.5) is 0 Å². The summed E-state index contributed by atoms with van der Waals surface area (Å²) in [5.41, 5.74) is 0.493. The van der Waals surface area contributed by atoms with Crippen molar-refractivity contribution in [2.45, 2.75) is 45.7 Å². The van der Waals surface area contributed by atoms with Crippen molar-refractivity contribution in [3.63, 3.8) is 0 Å². The highest BCUT2D eigenvalue weighted by Crippen LogP contribution is 2.36. The Hall–Kier alpha value is -2.09. The van der Waals surface area contributed by atoms with Crippen LogP contribution in [0.3, 0.4) is 0 Å². The summed E-state index contributed by atoms with van der Waals surface area (Å²) in [4.78, 5) is 12.6. The van der Waals surface area contributed by atoms with E-state index in [0.717, 1.165) is 37.5 Å². The van der Waals surface area contributed by atoms with Crippen LogP contribution in [0.5, 0.6) is 11.5 Å². The molecule has 0 radical (unpaired) electrons. The van der Waals surface area contributed by atoms with E-state index in [9.17, 15) is 4.79 Å². The van der Waals surface area contributed by atoms with Crippen LogP contribution in [-0.2, 0) is 19.5 Å². The maximum atomic E-state index is 12.6. The lowest BCUT2D eigenvalue weighted by Gasteiger charge is -2.13. The fourth-order valence-electron chi connectivity index (χ4n) is 3.07. The third-order valence-electron chi connectivity index (χ3n) is 4.37. The molecule has 0 saturated heterocycles. The van der Waals surface area contributed by atoms with Gasteiger partial charge in [0.15, 0.2) is 17.3 Å². The standard InChI is InChI=1S/C18H23BrN4O3/c1-3-26-17-13(19)9-12(10-14(17)25-2)18(24)20-11-16-22-21-15-7-5-4-6-8-23(15)16/h9-10H,3-8,11H2,1-2H3,(H,20,24). The van der Waals surface area contributed by atoms with Gasteiger partial charge in [-0.2, -0.15) is 0 Å². The number of fused-ring (bicyclic) bond motifs is 1. The average molecular weight is 423 g/mol. The molecule has 7 nitrogen and oxygen atoms in total. The monoisotopic (exact) mass is 422 g/mol. The van der Waals surface area contributed by atoms with E-state index in [-0.39, 0.29) is 5.91 Å². The van der Waals surface area contributed by atoms with Gasteiger partial charge in [0, 0.05) is 18.5 Å². The van der Waals surface area contributed by atoms with Gasteiger partial charge in [-0.05, 0) is 47.8 Å². The molecule has 3 rings (SSSR count). The van der Waals surface area contributed by atoms with Crippen molar-refractivity contribution in [1.82, 2.24) is 20.1 Å². The van der Waals surface area contributed by atoms with Gasteiger partial charge in [0.2, 0.25) is 0 Å². The normalized spacial score (nSPS) is 13.7. The zero-order valence-corrected chi connectivity index (χ0v) is 16.6. The maximum absolute atomic E-state index is 12.6. The molecule has 8 heteroatoms. The zero-order chi connectivity index (χ0) is 18.5. The number of carbonyl (C=O) groups excluding carboxylic acids is 1. The number of nitrogens with one attached hydrogen (secondary N) is 1. The molecule has 0 atom stereocenters. The first-order valence-corrected chi connectivity index (χ1v) is 9.62. The molecule has 1 aromatic carbocycles. The van der Waals surface area contributed by atoms with Crippen molar-refractivity contribution in [2.75, 3.05) is 13.7 Å². The number of amides is 1. The number of ether oxygens (including phenoxy) is 2. The predicted octanol–water partition coefficient (Wildman–Crippen LogP) is 3.10. The highest BCUT2D eigenvalue weighted by atomic mass is 79.9. The van der Waals surface area contributed by atoms with Crippen LogP contribution in [0.1, 0.15) is 48.2 Å². The second kappa shape index (κ2) is 8.53. The van der Waals surface area contributed by atoms with Gasteiger partial charge in [0.05, 0.1) is 24.7 Å². The molecule has 2 aromatic rings. The molecular formula is C18H23BrN4O3. The van der Waals surface area contributed by atoms with Gasteiger partial charge >= 0.3 is 0 Å². The predicted molar refractivity (Wildman–Crippen MR) is 101 cm³/mol. The molecule has 0 spiro atoms. The first kappa shape index (κ1) is 18.7. The van der Waals surface area contributed by atoms with Crippen LogP contribution in [0.2, 0.25) is 0 Å². The van der Waals surface area contributed by atoms with Crippen LogP contribution in [0, 0.1) is 0 Å². The molecule has 1 aliphatic rings. The van der Waals surface area contributed by atoms with Crippen molar-refractivity contribution in [3.8, 4) is 11.5 Å². The second-order valence-electron chi connectivity index (χ2n) is 6.10. The van der Waals surface area contributed by atoms with Gasteiger partial charge in [-0.15, -0.1) is 10.2 Å². The smallest absolute Gasteiger partial charge is 0.251 e. The van der Waals surface area contributed by atoms with Crippen molar-refractivity contribution < 1.29 is 14.3 Å². The van der Waals surface area contributed by atoms with Crippen LogP contribution < -0.4 is 14.8 Å². The fourth-order valence-corrected chi connectivity index (χ4v) is 3.63. The minimum Gasteiger partial charge on any atom is -0.493 e. The van der Waals surface area contributed by atoms with Crippen LogP contribution in [0.15, 0.2) is 16.6 Å². The third kappa shape index (κ3) is 4.00. The number of carbonyl (C=O) groups is 1. The lowest BCUT2D eigenvalue weighted by atomic mass is 10.2. The van der Waals surface area contributed by atoms with E-state index >= 15 is 0 Å². The minimum absolute atomic E-state index is 0.196. The number of halogens is 1. The van der Waals surface area contributed by atoms with Gasteiger partial charge < -0.3 is 19.4 Å². The highest BCUT2D eigenvalue weighted by Gasteiger charge is 2.18. The highest BCUT2D eigenvalue weighted by molar-refractivity contribution is 9.10. The summed E-state index contributed by atoms with van der Waals surface area (Å²) in [5, 5.41) is 11.4. The average Bonchev–Trinajstić information content (AvgIpc) is 2.87. The molecule has 0 fully saturated rings. The van der Waals surface area contributed by atoms with Gasteiger partial charge in [0.1, 0.15) is 5.82 Å². The van der Waals surface area contributed by atoms with Crippen molar-refractivity contribution in [2.24, 2.45) is 0 Å². The summed E-state index contributed by atoms with van der Waals surface area (Å²) in [6.45, 7) is 3.67. The maximum Gasteiger partial charge on any atom is 0.251 e. The van der Waals surface area contributed by atoms with Crippen molar-refractivity contribution in [1.29, 1.82) is 0 Å². The number of aryl methyl sites for hydroxylation is 1. The van der Waals surface area contributed by atoms with E-state index in [2.05, 4.69) is 36.0 Å². The summed E-state index contributed by atoms with van der Waals surface area (Å²) in [7, 11) is 1.55. The van der Waals surface area contributed by atoms with E-state index in [0.29, 0.717) is 34.7 Å². The van der Waals surface area contributed by atoms with Gasteiger partial charge in [-0.1, -0.05) is 6.42 Å². The summed E-state index contributed by atoms with van der Waals surface area (Å²) in [6, 6.07) is 3.41. The summed E-state index contributed by atoms with van der Waals surface area (Å²) >= 11 is 3.44. The van der Waals surface area contributed by atoms with Crippen LogP contribution in [-0.4, -0.2) is 34.4 Å². The lowest BCUT2D eigenvalue weighted by Crippen LogP contribution is -2.25. The van der Waals surface area contributed by atoms with E-state index < -0.39 is 0 Å². The molecule has 0 aliphatic carbocycles. The number of nitrogens with zero attached hydrogens (tertiary/aromatic N) is 3. The first-order valence-electron chi connectivity index (χ1n) is 8.83. The quantitative estimate of drug-likeness (QED) is 0.773.